The molecule has 1 spiro atoms. The lowest BCUT2D eigenvalue weighted by atomic mass is 9.84. The van der Waals surface area contributed by atoms with Crippen LogP contribution in [0.4, 0.5) is 0 Å². The van der Waals surface area contributed by atoms with Crippen molar-refractivity contribution < 1.29 is 14.3 Å². The Kier molecular flexibility index (Phi) is 3.77. The Labute approximate surface area is 135 Å². The van der Waals surface area contributed by atoms with Crippen LogP contribution in [-0.4, -0.2) is 52.2 Å². The van der Waals surface area contributed by atoms with Crippen LogP contribution in [-0.2, 0) is 9.53 Å². The second-order valence-corrected chi connectivity index (χ2v) is 6.58. The van der Waals surface area contributed by atoms with Crippen molar-refractivity contribution in [3.05, 3.63) is 30.1 Å². The smallest absolute Gasteiger partial charge is 0.316 e. The summed E-state index contributed by atoms with van der Waals surface area (Å²) < 4.78 is 11.8. The lowest BCUT2D eigenvalue weighted by Crippen LogP contribution is -2.67. The summed E-state index contributed by atoms with van der Waals surface area (Å²) in [5.41, 5.74) is 0.730. The van der Waals surface area contributed by atoms with Gasteiger partial charge in [-0.25, -0.2) is 9.97 Å². The Hall–Kier alpha value is -1.95. The van der Waals surface area contributed by atoms with Gasteiger partial charge in [0.2, 0.25) is 5.91 Å². The predicted octanol–water partition coefficient (Wildman–Crippen LogP) is 1.73. The highest BCUT2D eigenvalue weighted by Crippen LogP contribution is 2.36. The van der Waals surface area contributed by atoms with E-state index in [4.69, 9.17) is 9.47 Å². The Balaban J connectivity index is 1.34. The van der Waals surface area contributed by atoms with Crippen LogP contribution in [0.15, 0.2) is 30.1 Å². The molecule has 0 aromatic carbocycles. The molecule has 2 fully saturated rings. The first-order valence-electron chi connectivity index (χ1n) is 8.30. The van der Waals surface area contributed by atoms with Crippen molar-refractivity contribution >= 4 is 5.91 Å². The van der Waals surface area contributed by atoms with Crippen molar-refractivity contribution in [3.63, 3.8) is 0 Å². The quantitative estimate of drug-likeness (QED) is 0.850. The van der Waals surface area contributed by atoms with E-state index < -0.39 is 0 Å². The molecule has 2 aliphatic heterocycles. The zero-order valence-corrected chi connectivity index (χ0v) is 13.1. The van der Waals surface area contributed by atoms with Gasteiger partial charge in [-0.2, -0.15) is 0 Å². The van der Waals surface area contributed by atoms with Gasteiger partial charge in [0.1, 0.15) is 11.7 Å². The van der Waals surface area contributed by atoms with Gasteiger partial charge in [-0.15, -0.1) is 0 Å². The molecule has 3 aliphatic rings. The molecule has 0 bridgehead atoms. The highest BCUT2D eigenvalue weighted by Gasteiger charge is 2.50. The molecule has 0 unspecified atom stereocenters. The standard InChI is InChI=1S/C17H21N3O3/c21-15(13-4-1-2-5-13)20-11-17(12-20)10-14(6-9-22-17)23-16-18-7-3-8-19-16/h3-4,7-8,14H,1-2,5-6,9-12H2/t14-/m1/s1. The fourth-order valence-electron chi connectivity index (χ4n) is 3.66. The van der Waals surface area contributed by atoms with Gasteiger partial charge in [-0.05, 0) is 25.3 Å². The molecule has 1 aromatic heterocycles. The second-order valence-electron chi connectivity index (χ2n) is 6.58. The Morgan fingerprint density at radius 2 is 2.17 bits per heavy atom. The van der Waals surface area contributed by atoms with Gasteiger partial charge < -0.3 is 14.4 Å². The number of aromatic nitrogens is 2. The molecule has 2 saturated heterocycles. The van der Waals surface area contributed by atoms with E-state index in [9.17, 15) is 4.79 Å². The highest BCUT2D eigenvalue weighted by atomic mass is 16.5. The average Bonchev–Trinajstić information content (AvgIpc) is 3.07. The van der Waals surface area contributed by atoms with E-state index in [1.807, 2.05) is 4.90 Å². The first-order valence-corrected chi connectivity index (χ1v) is 8.30. The van der Waals surface area contributed by atoms with Crippen LogP contribution in [0.5, 0.6) is 6.01 Å². The van der Waals surface area contributed by atoms with Crippen LogP contribution < -0.4 is 4.74 Å². The van der Waals surface area contributed by atoms with Gasteiger partial charge in [0, 0.05) is 30.8 Å². The minimum absolute atomic E-state index is 0.0501. The molecule has 1 aromatic rings. The number of hydrogen-bond donors (Lipinski definition) is 0. The summed E-state index contributed by atoms with van der Waals surface area (Å²) in [5, 5.41) is 0. The van der Waals surface area contributed by atoms with Crippen molar-refractivity contribution in [3.8, 4) is 6.01 Å². The molecular formula is C17H21N3O3. The highest BCUT2D eigenvalue weighted by molar-refractivity contribution is 5.94. The maximum absolute atomic E-state index is 12.4. The molecular weight excluding hydrogens is 294 g/mol. The molecule has 1 amide bonds. The third-order valence-electron chi connectivity index (χ3n) is 4.82. The van der Waals surface area contributed by atoms with Crippen LogP contribution in [0, 0.1) is 0 Å². The number of amides is 1. The van der Waals surface area contributed by atoms with Gasteiger partial charge >= 0.3 is 6.01 Å². The van der Waals surface area contributed by atoms with Crippen LogP contribution in [0.3, 0.4) is 0 Å². The van der Waals surface area contributed by atoms with Crippen LogP contribution in [0.1, 0.15) is 32.1 Å². The predicted molar refractivity (Wildman–Crippen MR) is 82.9 cm³/mol. The van der Waals surface area contributed by atoms with Gasteiger partial charge in [-0.3, -0.25) is 4.79 Å². The monoisotopic (exact) mass is 315 g/mol. The molecule has 3 heterocycles. The van der Waals surface area contributed by atoms with Crippen molar-refractivity contribution in [1.29, 1.82) is 0 Å². The topological polar surface area (TPSA) is 64.6 Å². The van der Waals surface area contributed by atoms with Gasteiger partial charge in [0.15, 0.2) is 0 Å². The minimum Gasteiger partial charge on any atom is -0.460 e. The van der Waals surface area contributed by atoms with Crippen LogP contribution >= 0.6 is 0 Å². The van der Waals surface area contributed by atoms with E-state index in [-0.39, 0.29) is 17.6 Å². The lowest BCUT2D eigenvalue weighted by Gasteiger charge is -2.52. The van der Waals surface area contributed by atoms with Crippen LogP contribution in [0.2, 0.25) is 0 Å². The molecule has 122 valence electrons. The first kappa shape index (κ1) is 14.6. The largest absolute Gasteiger partial charge is 0.460 e. The molecule has 1 aliphatic carbocycles. The molecule has 0 N–H and O–H groups in total. The third kappa shape index (κ3) is 2.95. The summed E-state index contributed by atoms with van der Waals surface area (Å²) in [6.07, 6.45) is 10.1. The van der Waals surface area contributed by atoms with Crippen molar-refractivity contribution in [2.45, 2.75) is 43.8 Å². The SMILES string of the molecule is O=C(C1=CCCC1)N1CC2(C[C@H](Oc3ncccn3)CCO2)C1. The van der Waals surface area contributed by atoms with E-state index in [2.05, 4.69) is 16.0 Å². The van der Waals surface area contributed by atoms with Gasteiger partial charge in [0.25, 0.3) is 0 Å². The molecule has 4 rings (SSSR count). The summed E-state index contributed by atoms with van der Waals surface area (Å²) in [6, 6.07) is 2.18. The van der Waals surface area contributed by atoms with E-state index in [1.165, 1.54) is 0 Å². The normalized spacial score (nSPS) is 25.8. The number of carbonyl (C=O) groups is 1. The minimum atomic E-state index is -0.244. The van der Waals surface area contributed by atoms with E-state index in [0.717, 1.165) is 37.7 Å². The number of likely N-dealkylation sites (tertiary alicyclic amines) is 1. The third-order valence-corrected chi connectivity index (χ3v) is 4.82. The molecule has 0 saturated carbocycles. The molecule has 23 heavy (non-hydrogen) atoms. The second kappa shape index (κ2) is 5.92. The Morgan fingerprint density at radius 1 is 1.35 bits per heavy atom. The maximum Gasteiger partial charge on any atom is 0.316 e. The molecule has 6 heteroatoms. The molecule has 0 radical (unpaired) electrons. The lowest BCUT2D eigenvalue weighted by molar-refractivity contribution is -0.191. The Morgan fingerprint density at radius 3 is 2.91 bits per heavy atom. The number of hydrogen-bond acceptors (Lipinski definition) is 5. The molecule has 1 atom stereocenters. The fourth-order valence-corrected chi connectivity index (χ4v) is 3.66. The van der Waals surface area contributed by atoms with Crippen molar-refractivity contribution in [1.82, 2.24) is 14.9 Å². The number of ether oxygens (including phenoxy) is 2. The number of rotatable bonds is 3. The summed E-state index contributed by atoms with van der Waals surface area (Å²) in [7, 11) is 0. The zero-order valence-electron chi connectivity index (χ0n) is 13.1. The summed E-state index contributed by atoms with van der Waals surface area (Å²) in [6.45, 7) is 1.99. The summed E-state index contributed by atoms with van der Waals surface area (Å²) >= 11 is 0. The summed E-state index contributed by atoms with van der Waals surface area (Å²) in [4.78, 5) is 22.5. The van der Waals surface area contributed by atoms with Gasteiger partial charge in [0.05, 0.1) is 19.7 Å². The number of nitrogens with zero attached hydrogens (tertiary/aromatic N) is 3. The first-order chi connectivity index (χ1) is 11.2. The molecule has 6 nitrogen and oxygen atoms in total. The summed E-state index contributed by atoms with van der Waals surface area (Å²) in [5.74, 6) is 0.186. The van der Waals surface area contributed by atoms with Gasteiger partial charge in [-0.1, -0.05) is 6.08 Å². The fraction of sp³-hybridized carbons (Fsp3) is 0.588. The van der Waals surface area contributed by atoms with Crippen molar-refractivity contribution in [2.75, 3.05) is 19.7 Å². The van der Waals surface area contributed by atoms with Crippen LogP contribution in [0.25, 0.3) is 0 Å². The maximum atomic E-state index is 12.4. The van der Waals surface area contributed by atoms with E-state index in [0.29, 0.717) is 25.7 Å². The Bertz CT molecular complexity index is 611. The van der Waals surface area contributed by atoms with Crippen molar-refractivity contribution in [2.24, 2.45) is 0 Å². The number of allylic oxidation sites excluding steroid dienone is 1. The zero-order chi connectivity index (χ0) is 15.7. The number of carbonyl (C=O) groups excluding carboxylic acids is 1. The van der Waals surface area contributed by atoms with E-state index in [1.54, 1.807) is 18.5 Å². The average molecular weight is 315 g/mol. The van der Waals surface area contributed by atoms with E-state index >= 15 is 0 Å².